The summed E-state index contributed by atoms with van der Waals surface area (Å²) in [7, 11) is 2.07. The van der Waals surface area contributed by atoms with E-state index < -0.39 is 0 Å². The molecule has 1 aromatic carbocycles. The largest absolute Gasteiger partial charge is 0.364 e. The molecule has 2 aromatic rings. The first-order valence-corrected chi connectivity index (χ1v) is 5.75. The average molecular weight is 218 g/mol. The highest BCUT2D eigenvalue weighted by atomic mass is 16.5. The molecule has 16 heavy (non-hydrogen) atoms. The fourth-order valence-electron chi connectivity index (χ4n) is 2.36. The standard InChI is InChI=1S/C12H15N3O/c1-13-8-11-12-9-4-2-3-5-10(9)14-15(12)6-7-16-11/h2-5,11,13H,6-8H2,1H3/p+1. The molecule has 0 amide bonds. The molecule has 0 radical (unpaired) electrons. The second kappa shape index (κ2) is 3.88. The molecule has 0 aliphatic carbocycles. The van der Waals surface area contributed by atoms with Crippen LogP contribution in [0.3, 0.4) is 0 Å². The van der Waals surface area contributed by atoms with Crippen molar-refractivity contribution in [2.75, 3.05) is 20.2 Å². The summed E-state index contributed by atoms with van der Waals surface area (Å²) in [4.78, 5) is 0. The molecule has 1 aromatic heterocycles. The maximum absolute atomic E-state index is 5.82. The average Bonchev–Trinajstić information content (AvgIpc) is 2.68. The monoisotopic (exact) mass is 218 g/mol. The van der Waals surface area contributed by atoms with Crippen LogP contribution in [0.5, 0.6) is 0 Å². The Labute approximate surface area is 94.2 Å². The smallest absolute Gasteiger partial charge is 0.148 e. The van der Waals surface area contributed by atoms with E-state index in [1.54, 1.807) is 0 Å². The lowest BCUT2D eigenvalue weighted by molar-refractivity contribution is -0.635. The van der Waals surface area contributed by atoms with E-state index >= 15 is 0 Å². The summed E-state index contributed by atoms with van der Waals surface area (Å²) in [5.74, 6) is 0. The lowest BCUT2D eigenvalue weighted by Crippen LogP contribution is -2.81. The van der Waals surface area contributed by atoms with Gasteiger partial charge in [-0.25, -0.2) is 0 Å². The number of rotatable bonds is 2. The Hall–Kier alpha value is -1.39. The molecule has 0 fully saturated rings. The third-order valence-electron chi connectivity index (χ3n) is 3.06. The van der Waals surface area contributed by atoms with Crippen molar-refractivity contribution < 1.29 is 10.1 Å². The number of fused-ring (bicyclic) bond motifs is 3. The van der Waals surface area contributed by atoms with Crippen molar-refractivity contribution in [1.82, 2.24) is 9.78 Å². The van der Waals surface area contributed by atoms with Crippen molar-refractivity contribution in [3.8, 4) is 0 Å². The van der Waals surface area contributed by atoms with Gasteiger partial charge in [-0.2, -0.15) is 5.10 Å². The molecule has 2 N–H and O–H groups in total. The van der Waals surface area contributed by atoms with Gasteiger partial charge < -0.3 is 10.1 Å². The Morgan fingerprint density at radius 3 is 3.25 bits per heavy atom. The molecule has 0 bridgehead atoms. The van der Waals surface area contributed by atoms with Crippen molar-refractivity contribution in [2.45, 2.75) is 12.6 Å². The summed E-state index contributed by atoms with van der Waals surface area (Å²) in [5, 5.41) is 7.99. The van der Waals surface area contributed by atoms with E-state index in [1.165, 1.54) is 11.1 Å². The van der Waals surface area contributed by atoms with Crippen LogP contribution in [-0.2, 0) is 11.3 Å². The summed E-state index contributed by atoms with van der Waals surface area (Å²) in [6, 6.07) is 8.29. The molecule has 1 unspecified atom stereocenters. The first-order chi connectivity index (χ1) is 7.90. The normalized spacial score (nSPS) is 19.9. The molecule has 2 heterocycles. The van der Waals surface area contributed by atoms with E-state index in [0.29, 0.717) is 0 Å². The van der Waals surface area contributed by atoms with Gasteiger partial charge in [-0.1, -0.05) is 18.2 Å². The molecule has 0 saturated heterocycles. The minimum Gasteiger partial charge on any atom is -0.364 e. The van der Waals surface area contributed by atoms with Gasteiger partial charge in [0.1, 0.15) is 12.6 Å². The number of quaternary nitrogens is 1. The Balaban J connectivity index is 2.16. The van der Waals surface area contributed by atoms with Gasteiger partial charge in [0.15, 0.2) is 0 Å². The molecule has 0 saturated carbocycles. The Bertz CT molecular complexity index is 506. The quantitative estimate of drug-likeness (QED) is 0.788. The molecule has 0 spiro atoms. The lowest BCUT2D eigenvalue weighted by atomic mass is 10.1. The van der Waals surface area contributed by atoms with Crippen LogP contribution in [0.1, 0.15) is 11.8 Å². The third-order valence-corrected chi connectivity index (χ3v) is 3.06. The van der Waals surface area contributed by atoms with Crippen LogP contribution in [-0.4, -0.2) is 30.0 Å². The molecule has 1 atom stereocenters. The minimum atomic E-state index is 0.172. The number of ether oxygens (including phenoxy) is 1. The predicted octanol–water partition coefficient (Wildman–Crippen LogP) is 0.301. The first kappa shape index (κ1) is 9.81. The topological polar surface area (TPSA) is 43.7 Å². The molecule has 1 aliphatic heterocycles. The van der Waals surface area contributed by atoms with Crippen LogP contribution in [0, 0.1) is 0 Å². The van der Waals surface area contributed by atoms with Crippen LogP contribution in [0.2, 0.25) is 0 Å². The summed E-state index contributed by atoms with van der Waals surface area (Å²) in [5.41, 5.74) is 2.31. The van der Waals surface area contributed by atoms with Gasteiger partial charge >= 0.3 is 0 Å². The Kier molecular flexibility index (Phi) is 2.38. The van der Waals surface area contributed by atoms with E-state index in [4.69, 9.17) is 4.74 Å². The van der Waals surface area contributed by atoms with Crippen LogP contribution < -0.4 is 5.32 Å². The zero-order chi connectivity index (χ0) is 11.0. The molecule has 4 nitrogen and oxygen atoms in total. The maximum atomic E-state index is 5.82. The number of nitrogens with two attached hydrogens (primary N) is 1. The molecule has 1 aliphatic rings. The van der Waals surface area contributed by atoms with Crippen molar-refractivity contribution in [1.29, 1.82) is 0 Å². The Morgan fingerprint density at radius 1 is 1.50 bits per heavy atom. The number of hydrogen-bond acceptors (Lipinski definition) is 2. The number of benzene rings is 1. The summed E-state index contributed by atoms with van der Waals surface area (Å²) in [6.45, 7) is 2.58. The predicted molar refractivity (Wildman–Crippen MR) is 61.1 cm³/mol. The van der Waals surface area contributed by atoms with Crippen molar-refractivity contribution in [2.24, 2.45) is 0 Å². The maximum Gasteiger partial charge on any atom is 0.148 e. The van der Waals surface area contributed by atoms with Crippen LogP contribution in [0.25, 0.3) is 10.9 Å². The molecule has 4 heteroatoms. The minimum absolute atomic E-state index is 0.172. The van der Waals surface area contributed by atoms with E-state index in [-0.39, 0.29) is 6.10 Å². The number of likely N-dealkylation sites (N-methyl/N-ethyl adjacent to an activating group) is 1. The molecular formula is C12H16N3O+. The second-order valence-corrected chi connectivity index (χ2v) is 4.13. The van der Waals surface area contributed by atoms with Gasteiger partial charge in [-0.05, 0) is 6.07 Å². The van der Waals surface area contributed by atoms with Gasteiger partial charge in [0.05, 0.1) is 31.4 Å². The van der Waals surface area contributed by atoms with E-state index in [2.05, 4.69) is 40.3 Å². The highest BCUT2D eigenvalue weighted by Gasteiger charge is 2.25. The highest BCUT2D eigenvalue weighted by Crippen LogP contribution is 2.28. The second-order valence-electron chi connectivity index (χ2n) is 4.13. The Morgan fingerprint density at radius 2 is 2.38 bits per heavy atom. The van der Waals surface area contributed by atoms with E-state index in [1.807, 2.05) is 6.07 Å². The number of aromatic nitrogens is 2. The fourth-order valence-corrected chi connectivity index (χ4v) is 2.36. The van der Waals surface area contributed by atoms with Gasteiger partial charge in [-0.3, -0.25) is 4.68 Å². The number of hydrogen-bond donors (Lipinski definition) is 1. The van der Waals surface area contributed by atoms with Crippen molar-refractivity contribution in [3.63, 3.8) is 0 Å². The zero-order valence-electron chi connectivity index (χ0n) is 9.39. The summed E-state index contributed by atoms with van der Waals surface area (Å²) >= 11 is 0. The summed E-state index contributed by atoms with van der Waals surface area (Å²) in [6.07, 6.45) is 0.172. The fraction of sp³-hybridized carbons (Fsp3) is 0.417. The van der Waals surface area contributed by atoms with E-state index in [0.717, 1.165) is 25.2 Å². The number of nitrogens with zero attached hydrogens (tertiary/aromatic N) is 2. The first-order valence-electron chi connectivity index (χ1n) is 5.75. The zero-order valence-corrected chi connectivity index (χ0v) is 9.39. The van der Waals surface area contributed by atoms with Gasteiger partial charge in [0, 0.05) is 5.39 Å². The molecular weight excluding hydrogens is 202 g/mol. The molecule has 84 valence electrons. The van der Waals surface area contributed by atoms with Crippen molar-refractivity contribution >= 4 is 10.9 Å². The van der Waals surface area contributed by atoms with Crippen molar-refractivity contribution in [3.05, 3.63) is 30.0 Å². The van der Waals surface area contributed by atoms with E-state index in [9.17, 15) is 0 Å². The van der Waals surface area contributed by atoms with Crippen LogP contribution in [0.4, 0.5) is 0 Å². The SMILES string of the molecule is C[NH2+]CC1OCCn2nc3ccccc3c21. The molecule has 3 rings (SSSR count). The van der Waals surface area contributed by atoms with Gasteiger partial charge in [-0.15, -0.1) is 0 Å². The van der Waals surface area contributed by atoms with Crippen LogP contribution >= 0.6 is 0 Å². The highest BCUT2D eigenvalue weighted by molar-refractivity contribution is 5.81. The van der Waals surface area contributed by atoms with Crippen LogP contribution in [0.15, 0.2) is 24.3 Å². The van der Waals surface area contributed by atoms with Gasteiger partial charge in [0.25, 0.3) is 0 Å². The lowest BCUT2D eigenvalue weighted by Gasteiger charge is -2.22. The third kappa shape index (κ3) is 1.42. The summed E-state index contributed by atoms with van der Waals surface area (Å²) < 4.78 is 7.92. The van der Waals surface area contributed by atoms with Gasteiger partial charge in [0.2, 0.25) is 0 Å².